The van der Waals surface area contributed by atoms with Crippen molar-refractivity contribution in [1.82, 2.24) is 4.90 Å². The van der Waals surface area contributed by atoms with E-state index in [1.807, 2.05) is 0 Å². The summed E-state index contributed by atoms with van der Waals surface area (Å²) < 4.78 is 0. The number of rotatable bonds is 36. The molecule has 0 aliphatic carbocycles. The lowest BCUT2D eigenvalue weighted by Crippen LogP contribution is -2.27. The summed E-state index contributed by atoms with van der Waals surface area (Å²) in [5, 5.41) is 0. The lowest BCUT2D eigenvalue weighted by Gasteiger charge is -2.22. The van der Waals surface area contributed by atoms with Gasteiger partial charge in [-0.15, -0.1) is 0 Å². The second kappa shape index (κ2) is 35.4. The number of hydrogen-bond acceptors (Lipinski definition) is 1. The van der Waals surface area contributed by atoms with Crippen LogP contribution in [-0.2, 0) is 0 Å². The van der Waals surface area contributed by atoms with E-state index < -0.39 is 0 Å². The Labute approximate surface area is 269 Å². The molecule has 42 heavy (non-hydrogen) atoms. The molecule has 1 nitrogen and oxygen atoms in total. The second-order valence-corrected chi connectivity index (χ2v) is 15.1. The molecule has 0 unspecified atom stereocenters. The Balaban J connectivity index is 3.91. The molecular weight excluding hydrogens is 506 g/mol. The number of unbranched alkanes of at least 4 members (excludes halogenated alkanes) is 26. The lowest BCUT2D eigenvalue weighted by atomic mass is 10.0. The minimum atomic E-state index is 0.886. The zero-order valence-electron chi connectivity index (χ0n) is 30.6. The van der Waals surface area contributed by atoms with Crippen molar-refractivity contribution < 1.29 is 0 Å². The molecule has 0 spiro atoms. The lowest BCUT2D eigenvalue weighted by molar-refractivity contribution is 0.254. The van der Waals surface area contributed by atoms with Gasteiger partial charge in [-0.2, -0.15) is 0 Å². The molecule has 0 fully saturated rings. The quantitative estimate of drug-likeness (QED) is 0.0655. The van der Waals surface area contributed by atoms with Crippen LogP contribution in [0.5, 0.6) is 0 Å². The summed E-state index contributed by atoms with van der Waals surface area (Å²) in [4.78, 5) is 2.86. The van der Waals surface area contributed by atoms with Crippen molar-refractivity contribution in [3.8, 4) is 0 Å². The molecule has 0 N–H and O–H groups in total. The van der Waals surface area contributed by atoms with Crippen LogP contribution in [0.4, 0.5) is 0 Å². The molecule has 0 aromatic rings. The summed E-state index contributed by atoms with van der Waals surface area (Å²) in [5.41, 5.74) is 0. The highest BCUT2D eigenvalue weighted by Crippen LogP contribution is 2.16. The molecule has 0 aromatic heterocycles. The first-order valence-corrected chi connectivity index (χ1v) is 20.3. The van der Waals surface area contributed by atoms with E-state index >= 15 is 0 Å². The average Bonchev–Trinajstić information content (AvgIpc) is 2.96. The van der Waals surface area contributed by atoms with Crippen molar-refractivity contribution in [2.24, 2.45) is 11.8 Å². The molecule has 0 amide bonds. The number of nitrogens with zero attached hydrogens (tertiary/aromatic N) is 1. The summed E-state index contributed by atoms with van der Waals surface area (Å²) in [6.45, 7) is 15.8. The molecule has 1 heteroatoms. The molecule has 0 saturated carbocycles. The van der Waals surface area contributed by atoms with Gasteiger partial charge in [0.25, 0.3) is 0 Å². The third kappa shape index (κ3) is 36.2. The van der Waals surface area contributed by atoms with Gasteiger partial charge in [0.1, 0.15) is 0 Å². The van der Waals surface area contributed by atoms with E-state index in [0.29, 0.717) is 0 Å². The highest BCUT2D eigenvalue weighted by molar-refractivity contribution is 4.61. The summed E-state index contributed by atoms with van der Waals surface area (Å²) in [5.74, 6) is 1.77. The maximum atomic E-state index is 2.86. The van der Waals surface area contributed by atoms with Gasteiger partial charge in [-0.1, -0.05) is 214 Å². The van der Waals surface area contributed by atoms with Crippen molar-refractivity contribution in [3.63, 3.8) is 0 Å². The van der Waals surface area contributed by atoms with Crippen molar-refractivity contribution in [2.45, 2.75) is 234 Å². The fourth-order valence-electron chi connectivity index (χ4n) is 6.59. The predicted molar refractivity (Wildman–Crippen MR) is 195 cm³/mol. The van der Waals surface area contributed by atoms with Crippen LogP contribution in [0.25, 0.3) is 0 Å². The fourth-order valence-corrected chi connectivity index (χ4v) is 6.59. The van der Waals surface area contributed by atoms with Crippen LogP contribution in [0.15, 0.2) is 0 Å². The summed E-state index contributed by atoms with van der Waals surface area (Å²) >= 11 is 0. The first-order valence-electron chi connectivity index (χ1n) is 20.3. The molecule has 0 aliphatic heterocycles. The Kier molecular flexibility index (Phi) is 35.4. The van der Waals surface area contributed by atoms with Crippen LogP contribution in [0.1, 0.15) is 234 Å². The fraction of sp³-hybridized carbons (Fsp3) is 1.00. The van der Waals surface area contributed by atoms with E-state index in [1.54, 1.807) is 0 Å². The van der Waals surface area contributed by atoms with Crippen LogP contribution in [0.2, 0.25) is 0 Å². The zero-order chi connectivity index (χ0) is 30.8. The highest BCUT2D eigenvalue weighted by Gasteiger charge is 2.05. The SMILES string of the molecule is CCCCCCCCCCCCCCCN(CCCCCCCCCCC(C)C)CCCCCCCCCCC(C)C. The first-order chi connectivity index (χ1) is 20.6. The van der Waals surface area contributed by atoms with Gasteiger partial charge in [-0.25, -0.2) is 0 Å². The Hall–Kier alpha value is -0.0400. The Morgan fingerprint density at radius 1 is 0.286 bits per heavy atom. The van der Waals surface area contributed by atoms with Crippen molar-refractivity contribution in [1.29, 1.82) is 0 Å². The van der Waals surface area contributed by atoms with Crippen LogP contribution < -0.4 is 0 Å². The minimum Gasteiger partial charge on any atom is -0.303 e. The van der Waals surface area contributed by atoms with E-state index in [-0.39, 0.29) is 0 Å². The summed E-state index contributed by atoms with van der Waals surface area (Å²) in [7, 11) is 0. The first kappa shape index (κ1) is 42.0. The molecular formula is C41H85N. The van der Waals surface area contributed by atoms with Gasteiger partial charge in [-0.05, 0) is 50.7 Å². The van der Waals surface area contributed by atoms with Gasteiger partial charge in [0.2, 0.25) is 0 Å². The van der Waals surface area contributed by atoms with E-state index in [9.17, 15) is 0 Å². The van der Waals surface area contributed by atoms with Crippen LogP contribution in [-0.4, -0.2) is 24.5 Å². The van der Waals surface area contributed by atoms with E-state index in [2.05, 4.69) is 39.5 Å². The molecule has 0 saturated heterocycles. The summed E-state index contributed by atoms with van der Waals surface area (Å²) in [6, 6.07) is 0. The third-order valence-corrected chi connectivity index (χ3v) is 9.59. The van der Waals surface area contributed by atoms with Gasteiger partial charge >= 0.3 is 0 Å². The molecule has 0 aliphatic rings. The predicted octanol–water partition coefficient (Wildman–Crippen LogP) is 14.7. The molecule has 0 heterocycles. The smallest absolute Gasteiger partial charge is 0.00187 e. The normalized spacial score (nSPS) is 12.0. The Morgan fingerprint density at radius 3 is 0.738 bits per heavy atom. The largest absolute Gasteiger partial charge is 0.303 e. The summed E-state index contributed by atoms with van der Waals surface area (Å²) in [6.07, 6.45) is 45.2. The van der Waals surface area contributed by atoms with E-state index in [1.165, 1.54) is 219 Å². The van der Waals surface area contributed by atoms with Gasteiger partial charge in [0.15, 0.2) is 0 Å². The maximum absolute atomic E-state index is 2.86. The van der Waals surface area contributed by atoms with Crippen LogP contribution in [0.3, 0.4) is 0 Å². The van der Waals surface area contributed by atoms with Gasteiger partial charge in [0.05, 0.1) is 0 Å². The van der Waals surface area contributed by atoms with Gasteiger partial charge < -0.3 is 4.90 Å². The molecule has 0 radical (unpaired) electrons. The van der Waals surface area contributed by atoms with Crippen LogP contribution in [0, 0.1) is 11.8 Å². The van der Waals surface area contributed by atoms with Gasteiger partial charge in [-0.3, -0.25) is 0 Å². The maximum Gasteiger partial charge on any atom is -0.00187 e. The van der Waals surface area contributed by atoms with Crippen molar-refractivity contribution in [2.75, 3.05) is 19.6 Å². The van der Waals surface area contributed by atoms with E-state index in [4.69, 9.17) is 0 Å². The van der Waals surface area contributed by atoms with Crippen molar-refractivity contribution >= 4 is 0 Å². The molecule has 0 bridgehead atoms. The molecule has 0 rings (SSSR count). The highest BCUT2D eigenvalue weighted by atomic mass is 15.1. The standard InChI is InChI=1S/C41H85N/c1-6-7-8-9-10-11-12-13-14-17-22-27-32-37-42(38-33-28-23-18-15-20-25-30-35-40(2)3)39-34-29-24-19-16-21-26-31-36-41(4)5/h40-41H,6-39H2,1-5H3. The molecule has 0 atom stereocenters. The average molecular weight is 592 g/mol. The van der Waals surface area contributed by atoms with Gasteiger partial charge in [0, 0.05) is 0 Å². The monoisotopic (exact) mass is 592 g/mol. The van der Waals surface area contributed by atoms with Crippen LogP contribution >= 0.6 is 0 Å². The zero-order valence-corrected chi connectivity index (χ0v) is 30.6. The van der Waals surface area contributed by atoms with E-state index in [0.717, 1.165) is 11.8 Å². The third-order valence-electron chi connectivity index (χ3n) is 9.59. The molecule has 254 valence electrons. The minimum absolute atomic E-state index is 0.886. The topological polar surface area (TPSA) is 3.24 Å². The Bertz CT molecular complexity index is 441. The molecule has 0 aromatic carbocycles. The van der Waals surface area contributed by atoms with Crippen molar-refractivity contribution in [3.05, 3.63) is 0 Å². The number of hydrogen-bond donors (Lipinski definition) is 0. The second-order valence-electron chi connectivity index (χ2n) is 15.1. The Morgan fingerprint density at radius 2 is 0.500 bits per heavy atom.